The normalized spacial score (nSPS) is 22.3. The van der Waals surface area contributed by atoms with Crippen LogP contribution in [0.15, 0.2) is 4.52 Å². The fraction of sp³-hybridized carbons (Fsp3) is 0.750. The van der Waals surface area contributed by atoms with Crippen molar-refractivity contribution in [2.75, 3.05) is 0 Å². The molecule has 1 saturated carbocycles. The van der Waals surface area contributed by atoms with E-state index in [0.717, 1.165) is 43.4 Å². The van der Waals surface area contributed by atoms with Crippen LogP contribution in [0.3, 0.4) is 0 Å². The highest BCUT2D eigenvalue weighted by Gasteiger charge is 2.43. The summed E-state index contributed by atoms with van der Waals surface area (Å²) in [5.41, 5.74) is 1.66. The predicted molar refractivity (Wildman–Crippen MR) is 68.1 cm³/mol. The number of hydrogen-bond acceptors (Lipinski definition) is 4. The van der Waals surface area contributed by atoms with Crippen LogP contribution in [0.5, 0.6) is 0 Å². The third kappa shape index (κ3) is 2.07. The molecule has 6 heteroatoms. The molecular weight excluding hydrogens is 274 g/mol. The average molecular weight is 290 g/mol. The minimum Gasteiger partial charge on any atom is -0.360 e. The summed E-state index contributed by atoms with van der Waals surface area (Å²) in [4.78, 5) is 0. The molecule has 0 aromatic carbocycles. The Hall–Kier alpha value is -0.550. The first kappa shape index (κ1) is 12.5. The molecule has 0 aliphatic heterocycles. The van der Waals surface area contributed by atoms with E-state index < -0.39 is 9.05 Å². The van der Waals surface area contributed by atoms with Gasteiger partial charge in [-0.1, -0.05) is 18.0 Å². The van der Waals surface area contributed by atoms with Crippen LogP contribution in [-0.2, 0) is 26.6 Å². The van der Waals surface area contributed by atoms with Crippen molar-refractivity contribution in [2.45, 2.75) is 56.1 Å². The van der Waals surface area contributed by atoms with Crippen molar-refractivity contribution in [1.82, 2.24) is 5.16 Å². The van der Waals surface area contributed by atoms with Gasteiger partial charge in [-0.2, -0.15) is 0 Å². The van der Waals surface area contributed by atoms with Crippen molar-refractivity contribution in [2.24, 2.45) is 0 Å². The molecule has 2 aliphatic rings. The first-order valence-electron chi connectivity index (χ1n) is 6.40. The molecule has 100 valence electrons. The molecule has 0 unspecified atom stereocenters. The Labute approximate surface area is 111 Å². The molecule has 4 nitrogen and oxygen atoms in total. The highest BCUT2D eigenvalue weighted by molar-refractivity contribution is 8.13. The van der Waals surface area contributed by atoms with E-state index in [1.54, 1.807) is 0 Å². The van der Waals surface area contributed by atoms with Gasteiger partial charge in [0.2, 0.25) is 9.05 Å². The molecule has 1 aromatic heterocycles. The van der Waals surface area contributed by atoms with Crippen molar-refractivity contribution in [3.8, 4) is 0 Å². The van der Waals surface area contributed by atoms with E-state index in [2.05, 4.69) is 5.16 Å². The Kier molecular flexibility index (Phi) is 2.94. The Morgan fingerprint density at radius 2 is 1.89 bits per heavy atom. The van der Waals surface area contributed by atoms with E-state index in [4.69, 9.17) is 15.2 Å². The van der Waals surface area contributed by atoms with Crippen molar-refractivity contribution in [3.63, 3.8) is 0 Å². The van der Waals surface area contributed by atoms with Crippen molar-refractivity contribution < 1.29 is 12.9 Å². The van der Waals surface area contributed by atoms with Gasteiger partial charge < -0.3 is 4.52 Å². The number of nitrogens with zero attached hydrogens (tertiary/aromatic N) is 1. The lowest BCUT2D eigenvalue weighted by molar-refractivity contribution is 0.257. The van der Waals surface area contributed by atoms with Gasteiger partial charge in [-0.25, -0.2) is 8.42 Å². The van der Waals surface area contributed by atoms with E-state index in [0.29, 0.717) is 5.69 Å². The van der Waals surface area contributed by atoms with Gasteiger partial charge in [-0.05, 0) is 32.1 Å². The quantitative estimate of drug-likeness (QED) is 0.786. The third-order valence-corrected chi connectivity index (χ3v) is 5.25. The van der Waals surface area contributed by atoms with Crippen LogP contribution >= 0.6 is 10.7 Å². The highest BCUT2D eigenvalue weighted by atomic mass is 35.7. The van der Waals surface area contributed by atoms with Crippen LogP contribution in [0.2, 0.25) is 0 Å². The molecule has 3 rings (SSSR count). The van der Waals surface area contributed by atoms with Gasteiger partial charge in [0.05, 0.1) is 0 Å². The second-order valence-electron chi connectivity index (χ2n) is 5.46. The maximum Gasteiger partial charge on any atom is 0.238 e. The van der Waals surface area contributed by atoms with Gasteiger partial charge in [0.15, 0.2) is 0 Å². The Morgan fingerprint density at radius 3 is 2.56 bits per heavy atom. The third-order valence-electron chi connectivity index (χ3n) is 4.30. The van der Waals surface area contributed by atoms with Gasteiger partial charge in [-0.3, -0.25) is 0 Å². The van der Waals surface area contributed by atoms with E-state index >= 15 is 0 Å². The zero-order chi connectivity index (χ0) is 12.8. The molecule has 1 fully saturated rings. The first-order chi connectivity index (χ1) is 8.50. The molecule has 0 bridgehead atoms. The van der Waals surface area contributed by atoms with Crippen LogP contribution in [0, 0.1) is 0 Å². The maximum atomic E-state index is 11.2. The molecule has 1 spiro atoms. The molecule has 1 heterocycles. The minimum atomic E-state index is -3.57. The Balaban J connectivity index is 2.00. The highest BCUT2D eigenvalue weighted by Crippen LogP contribution is 2.49. The first-order valence-corrected chi connectivity index (χ1v) is 8.88. The van der Waals surface area contributed by atoms with Crippen LogP contribution < -0.4 is 0 Å². The zero-order valence-corrected chi connectivity index (χ0v) is 11.7. The minimum absolute atomic E-state index is 0.134. The fourth-order valence-corrected chi connectivity index (χ4v) is 4.40. The summed E-state index contributed by atoms with van der Waals surface area (Å²) in [6.45, 7) is 0. The van der Waals surface area contributed by atoms with Gasteiger partial charge in [-0.15, -0.1) is 0 Å². The van der Waals surface area contributed by atoms with Gasteiger partial charge in [0.25, 0.3) is 0 Å². The van der Waals surface area contributed by atoms with Crippen molar-refractivity contribution in [1.29, 1.82) is 0 Å². The molecule has 0 N–H and O–H groups in total. The van der Waals surface area contributed by atoms with E-state index in [1.807, 2.05) is 0 Å². The van der Waals surface area contributed by atoms with Crippen LogP contribution in [-0.4, -0.2) is 13.6 Å². The zero-order valence-electron chi connectivity index (χ0n) is 10.1. The van der Waals surface area contributed by atoms with Gasteiger partial charge in [0.1, 0.15) is 17.2 Å². The topological polar surface area (TPSA) is 60.2 Å². The second-order valence-corrected chi connectivity index (χ2v) is 8.24. The molecule has 0 saturated heterocycles. The van der Waals surface area contributed by atoms with Crippen LogP contribution in [0.25, 0.3) is 0 Å². The number of hydrogen-bond donors (Lipinski definition) is 0. The van der Waals surface area contributed by atoms with Crippen LogP contribution in [0.1, 0.15) is 55.5 Å². The molecule has 18 heavy (non-hydrogen) atoms. The predicted octanol–water partition coefficient (Wildman–Crippen LogP) is 2.89. The smallest absolute Gasteiger partial charge is 0.238 e. The number of aromatic nitrogens is 1. The summed E-state index contributed by atoms with van der Waals surface area (Å²) < 4.78 is 27.9. The average Bonchev–Trinajstić information content (AvgIpc) is 2.87. The monoisotopic (exact) mass is 289 g/mol. The van der Waals surface area contributed by atoms with E-state index in [-0.39, 0.29) is 11.2 Å². The Morgan fingerprint density at radius 1 is 1.22 bits per heavy atom. The Bertz CT molecular complexity index is 558. The fourth-order valence-electron chi connectivity index (χ4n) is 3.54. The van der Waals surface area contributed by atoms with E-state index in [1.165, 1.54) is 12.8 Å². The van der Waals surface area contributed by atoms with Gasteiger partial charge in [0, 0.05) is 21.7 Å². The lowest BCUT2D eigenvalue weighted by Gasteiger charge is -2.30. The lowest BCUT2D eigenvalue weighted by atomic mass is 9.72. The number of halogens is 1. The summed E-state index contributed by atoms with van der Waals surface area (Å²) in [5, 5.41) is 3.96. The molecular formula is C12H16ClNO3S. The molecule has 2 aliphatic carbocycles. The lowest BCUT2D eigenvalue weighted by Crippen LogP contribution is -2.26. The van der Waals surface area contributed by atoms with E-state index in [9.17, 15) is 8.42 Å². The van der Waals surface area contributed by atoms with Crippen molar-refractivity contribution >= 4 is 19.7 Å². The summed E-state index contributed by atoms with van der Waals surface area (Å²) in [5.74, 6) is 0.727. The SMILES string of the molecule is O=S(=O)(Cl)Cc1noc2c1CCCC21CCCC1. The maximum absolute atomic E-state index is 11.2. The van der Waals surface area contributed by atoms with Gasteiger partial charge >= 0.3 is 0 Å². The summed E-state index contributed by atoms with van der Waals surface area (Å²) in [6.07, 6.45) is 7.82. The second kappa shape index (κ2) is 4.23. The van der Waals surface area contributed by atoms with Crippen LogP contribution in [0.4, 0.5) is 0 Å². The molecule has 0 atom stereocenters. The molecule has 0 amide bonds. The number of fused-ring (bicyclic) bond motifs is 2. The molecule has 0 radical (unpaired) electrons. The molecule has 1 aromatic rings. The van der Waals surface area contributed by atoms with Crippen molar-refractivity contribution in [3.05, 3.63) is 17.0 Å². The summed E-state index contributed by atoms with van der Waals surface area (Å²) >= 11 is 0. The number of rotatable bonds is 2. The standard InChI is InChI=1S/C12H16ClNO3S/c13-18(15,16)8-10-9-4-3-7-12(5-1-2-6-12)11(9)17-14-10/h1-8H2. The summed E-state index contributed by atoms with van der Waals surface area (Å²) in [6, 6.07) is 0. The largest absolute Gasteiger partial charge is 0.360 e. The summed E-state index contributed by atoms with van der Waals surface area (Å²) in [7, 11) is 1.74.